The van der Waals surface area contributed by atoms with Crippen LogP contribution < -0.4 is 4.74 Å². The summed E-state index contributed by atoms with van der Waals surface area (Å²) in [4.78, 5) is 9.75. The molecule has 0 saturated carbocycles. The quantitative estimate of drug-likeness (QED) is 0.317. The summed E-state index contributed by atoms with van der Waals surface area (Å²) in [6.07, 6.45) is 5.43. The summed E-state index contributed by atoms with van der Waals surface area (Å²) in [6, 6.07) is 28.2. The molecule has 0 N–H and O–H groups in total. The molecule has 7 rings (SSSR count). The highest BCUT2D eigenvalue weighted by molar-refractivity contribution is 6.12. The van der Waals surface area contributed by atoms with E-state index in [1.165, 1.54) is 0 Å². The molecule has 6 heteroatoms. The molecular formula is C27H17N5O. The van der Waals surface area contributed by atoms with Crippen LogP contribution in [-0.4, -0.2) is 24.1 Å². The molecule has 0 aliphatic heterocycles. The third kappa shape index (κ3) is 2.78. The fraction of sp³-hybridized carbons (Fsp3) is 0. The second kappa shape index (κ2) is 6.90. The van der Waals surface area contributed by atoms with E-state index in [-0.39, 0.29) is 0 Å². The molecule has 0 radical (unpaired) electrons. The number of hydrogen-bond acceptors (Lipinski definition) is 4. The molecule has 0 aliphatic rings. The van der Waals surface area contributed by atoms with Gasteiger partial charge in [-0.15, -0.1) is 0 Å². The molecule has 0 amide bonds. The SMILES string of the molecule is c1cc(Oc2cnc3c4ccccc4n4c5ccccc5nc4c3c2)cc(-n2cccn2)c1. The van der Waals surface area contributed by atoms with E-state index < -0.39 is 0 Å². The largest absolute Gasteiger partial charge is 0.456 e. The molecule has 0 spiro atoms. The zero-order valence-electron chi connectivity index (χ0n) is 17.5. The van der Waals surface area contributed by atoms with E-state index >= 15 is 0 Å². The minimum atomic E-state index is 0.657. The van der Waals surface area contributed by atoms with Crippen molar-refractivity contribution in [1.82, 2.24) is 24.1 Å². The molecule has 0 unspecified atom stereocenters. The van der Waals surface area contributed by atoms with Crippen molar-refractivity contribution in [2.24, 2.45) is 0 Å². The molecule has 0 bridgehead atoms. The minimum Gasteiger partial charge on any atom is -0.456 e. The van der Waals surface area contributed by atoms with Crippen molar-refractivity contribution in [3.8, 4) is 17.2 Å². The van der Waals surface area contributed by atoms with Crippen LogP contribution in [0, 0.1) is 0 Å². The van der Waals surface area contributed by atoms with Crippen LogP contribution in [0.15, 0.2) is 104 Å². The van der Waals surface area contributed by atoms with Gasteiger partial charge in [0.1, 0.15) is 17.1 Å². The van der Waals surface area contributed by atoms with E-state index in [0.29, 0.717) is 5.75 Å². The molecule has 0 fully saturated rings. The van der Waals surface area contributed by atoms with Gasteiger partial charge in [-0.2, -0.15) is 5.10 Å². The average molecular weight is 427 g/mol. The highest BCUT2D eigenvalue weighted by atomic mass is 16.5. The van der Waals surface area contributed by atoms with Crippen molar-refractivity contribution in [3.63, 3.8) is 0 Å². The van der Waals surface area contributed by atoms with Crippen molar-refractivity contribution < 1.29 is 4.74 Å². The average Bonchev–Trinajstić information content (AvgIpc) is 3.53. The lowest BCUT2D eigenvalue weighted by Gasteiger charge is -2.11. The number of fused-ring (bicyclic) bond motifs is 8. The zero-order chi connectivity index (χ0) is 21.8. The summed E-state index contributed by atoms with van der Waals surface area (Å²) in [5.74, 6) is 1.37. The van der Waals surface area contributed by atoms with Crippen LogP contribution in [0.5, 0.6) is 11.5 Å². The molecule has 7 aromatic rings. The lowest BCUT2D eigenvalue weighted by atomic mass is 10.1. The first kappa shape index (κ1) is 17.9. The van der Waals surface area contributed by atoms with Crippen molar-refractivity contribution in [2.45, 2.75) is 0 Å². The number of rotatable bonds is 3. The Morgan fingerprint density at radius 2 is 1.61 bits per heavy atom. The first-order valence-corrected chi connectivity index (χ1v) is 10.7. The third-order valence-electron chi connectivity index (χ3n) is 5.89. The molecule has 4 heterocycles. The number of benzene rings is 3. The summed E-state index contributed by atoms with van der Waals surface area (Å²) >= 11 is 0. The lowest BCUT2D eigenvalue weighted by Crippen LogP contribution is -1.96. The highest BCUT2D eigenvalue weighted by Crippen LogP contribution is 2.34. The second-order valence-electron chi connectivity index (χ2n) is 7.89. The van der Waals surface area contributed by atoms with Crippen LogP contribution in [0.1, 0.15) is 0 Å². The van der Waals surface area contributed by atoms with E-state index in [0.717, 1.165) is 49.9 Å². The fourth-order valence-corrected chi connectivity index (χ4v) is 4.45. The molecule has 6 nitrogen and oxygen atoms in total. The molecule has 4 aromatic heterocycles. The smallest absolute Gasteiger partial charge is 0.148 e. The number of imidazole rings is 1. The standard InChI is InChI=1S/C27H17N5O/c1-3-11-24-21(9-1)26-22(27-30-23-10-2-4-12-25(23)32(24)27)16-20(17-28-26)33-19-8-5-7-18(15-19)31-14-6-13-29-31/h1-17H. The number of para-hydroxylation sites is 3. The third-order valence-corrected chi connectivity index (χ3v) is 5.89. The number of pyridine rings is 2. The summed E-state index contributed by atoms with van der Waals surface area (Å²) < 4.78 is 10.2. The van der Waals surface area contributed by atoms with Crippen LogP contribution >= 0.6 is 0 Å². The van der Waals surface area contributed by atoms with Gasteiger partial charge in [-0.05, 0) is 42.5 Å². The van der Waals surface area contributed by atoms with E-state index in [1.54, 1.807) is 17.1 Å². The Bertz CT molecular complexity index is 1800. The summed E-state index contributed by atoms with van der Waals surface area (Å²) in [6.45, 7) is 0. The Hall–Kier alpha value is -4.71. The Morgan fingerprint density at radius 1 is 0.727 bits per heavy atom. The molecule has 3 aromatic carbocycles. The van der Waals surface area contributed by atoms with Gasteiger partial charge in [0.15, 0.2) is 0 Å². The Labute approximate surface area is 188 Å². The Kier molecular flexibility index (Phi) is 3.75. The van der Waals surface area contributed by atoms with Crippen molar-refractivity contribution in [1.29, 1.82) is 0 Å². The molecule has 33 heavy (non-hydrogen) atoms. The number of nitrogens with zero attached hydrogens (tertiary/aromatic N) is 5. The van der Waals surface area contributed by atoms with Gasteiger partial charge in [0, 0.05) is 29.2 Å². The van der Waals surface area contributed by atoms with Crippen molar-refractivity contribution >= 4 is 38.5 Å². The monoisotopic (exact) mass is 427 g/mol. The van der Waals surface area contributed by atoms with Crippen LogP contribution in [0.3, 0.4) is 0 Å². The number of ether oxygens (including phenoxy) is 1. The highest BCUT2D eigenvalue weighted by Gasteiger charge is 2.15. The topological polar surface area (TPSA) is 57.2 Å². The van der Waals surface area contributed by atoms with Crippen molar-refractivity contribution in [2.75, 3.05) is 0 Å². The predicted molar refractivity (Wildman–Crippen MR) is 129 cm³/mol. The second-order valence-corrected chi connectivity index (χ2v) is 7.89. The van der Waals surface area contributed by atoms with E-state index in [2.05, 4.69) is 27.7 Å². The maximum absolute atomic E-state index is 6.22. The van der Waals surface area contributed by atoms with Gasteiger partial charge in [0.2, 0.25) is 0 Å². The van der Waals surface area contributed by atoms with Gasteiger partial charge in [0.05, 0.1) is 34.0 Å². The molecule has 0 aliphatic carbocycles. The Morgan fingerprint density at radius 3 is 2.52 bits per heavy atom. The van der Waals surface area contributed by atoms with Crippen LogP contribution in [-0.2, 0) is 0 Å². The van der Waals surface area contributed by atoms with E-state index in [4.69, 9.17) is 14.7 Å². The van der Waals surface area contributed by atoms with Crippen LogP contribution in [0.4, 0.5) is 0 Å². The minimum absolute atomic E-state index is 0.657. The van der Waals surface area contributed by atoms with E-state index in [1.807, 2.05) is 72.9 Å². The summed E-state index contributed by atoms with van der Waals surface area (Å²) in [5, 5.41) is 6.33. The molecule has 0 atom stereocenters. The maximum Gasteiger partial charge on any atom is 0.148 e. The molecule has 0 saturated heterocycles. The van der Waals surface area contributed by atoms with Gasteiger partial charge in [-0.25, -0.2) is 9.67 Å². The first-order valence-electron chi connectivity index (χ1n) is 10.7. The summed E-state index contributed by atoms with van der Waals surface area (Å²) in [7, 11) is 0. The van der Waals surface area contributed by atoms with Crippen molar-refractivity contribution in [3.05, 3.63) is 104 Å². The Balaban J connectivity index is 1.44. The van der Waals surface area contributed by atoms with Gasteiger partial charge in [-0.1, -0.05) is 36.4 Å². The fourth-order valence-electron chi connectivity index (χ4n) is 4.45. The predicted octanol–water partition coefficient (Wildman–Crippen LogP) is 6.17. The number of hydrogen-bond donors (Lipinski definition) is 0. The zero-order valence-corrected chi connectivity index (χ0v) is 17.5. The van der Waals surface area contributed by atoms with Gasteiger partial charge >= 0.3 is 0 Å². The van der Waals surface area contributed by atoms with E-state index in [9.17, 15) is 0 Å². The number of aromatic nitrogens is 5. The van der Waals surface area contributed by atoms with Crippen LogP contribution in [0.25, 0.3) is 44.2 Å². The van der Waals surface area contributed by atoms with Gasteiger partial charge in [-0.3, -0.25) is 9.38 Å². The van der Waals surface area contributed by atoms with Crippen LogP contribution in [0.2, 0.25) is 0 Å². The normalized spacial score (nSPS) is 11.6. The summed E-state index contributed by atoms with van der Waals surface area (Å²) in [5.41, 5.74) is 5.82. The molecular weight excluding hydrogens is 410 g/mol. The lowest BCUT2D eigenvalue weighted by molar-refractivity contribution is 0.481. The maximum atomic E-state index is 6.22. The van der Waals surface area contributed by atoms with Gasteiger partial charge in [0.25, 0.3) is 0 Å². The molecule has 156 valence electrons. The van der Waals surface area contributed by atoms with Gasteiger partial charge < -0.3 is 4.74 Å². The first-order chi connectivity index (χ1) is 16.3.